The smallest absolute Gasteiger partial charge is 0.416 e. The number of halogens is 6. The first-order chi connectivity index (χ1) is 19.0. The highest BCUT2D eigenvalue weighted by Crippen LogP contribution is 2.37. The van der Waals surface area contributed by atoms with Crippen molar-refractivity contribution in [2.75, 3.05) is 33.0 Å². The maximum absolute atomic E-state index is 13.4. The van der Waals surface area contributed by atoms with Crippen molar-refractivity contribution in [3.8, 4) is 11.5 Å². The van der Waals surface area contributed by atoms with Gasteiger partial charge in [0.2, 0.25) is 6.79 Å². The summed E-state index contributed by atoms with van der Waals surface area (Å²) in [7, 11) is 0. The number of rotatable bonds is 7. The zero-order valence-corrected chi connectivity index (χ0v) is 21.5. The van der Waals surface area contributed by atoms with Crippen molar-refractivity contribution < 1.29 is 35.8 Å². The normalized spacial score (nSPS) is 18.1. The summed E-state index contributed by atoms with van der Waals surface area (Å²) < 4.78 is 91.4. The lowest BCUT2D eigenvalue weighted by molar-refractivity contribution is -0.143. The highest BCUT2D eigenvalue weighted by molar-refractivity contribution is 5.44. The molecule has 0 radical (unpaired) electrons. The molecule has 2 atom stereocenters. The van der Waals surface area contributed by atoms with Crippen LogP contribution in [0, 0.1) is 0 Å². The van der Waals surface area contributed by atoms with E-state index in [4.69, 9.17) is 15.2 Å². The second-order valence-corrected chi connectivity index (χ2v) is 10.1. The molecule has 2 aliphatic rings. The summed E-state index contributed by atoms with van der Waals surface area (Å²) in [5.74, 6) is 1.44. The Kier molecular flexibility index (Phi) is 7.98. The molecule has 0 aromatic heterocycles. The van der Waals surface area contributed by atoms with Crippen molar-refractivity contribution >= 4 is 0 Å². The van der Waals surface area contributed by atoms with Crippen LogP contribution in [0.1, 0.15) is 33.9 Å². The number of ether oxygens (including phenoxy) is 2. The number of fused-ring (bicyclic) bond motifs is 1. The first kappa shape index (κ1) is 28.3. The minimum Gasteiger partial charge on any atom is -0.454 e. The predicted molar refractivity (Wildman–Crippen MR) is 137 cm³/mol. The quantitative estimate of drug-likeness (QED) is 0.363. The molecule has 1 saturated heterocycles. The van der Waals surface area contributed by atoms with Gasteiger partial charge in [0, 0.05) is 38.8 Å². The van der Waals surface area contributed by atoms with Gasteiger partial charge < -0.3 is 15.2 Å². The Hall–Kier alpha value is -3.28. The summed E-state index contributed by atoms with van der Waals surface area (Å²) in [6, 6.07) is 15.7. The first-order valence-electron chi connectivity index (χ1n) is 12.9. The Morgan fingerprint density at radius 2 is 1.35 bits per heavy atom. The standard InChI is InChI=1S/C29H29F6N3O2/c30-28(31,32)22-12-20(13-23(16-22)29(33,34)35)14-24(36)27(21-4-2-1-3-5-21)38-10-8-37(9-11-38)17-19-6-7-25-26(15-19)40-18-39-25/h1-7,12-13,15-16,24,27H,8-11,14,17-18,36H2. The van der Waals surface area contributed by atoms with Crippen LogP contribution >= 0.6 is 0 Å². The summed E-state index contributed by atoms with van der Waals surface area (Å²) in [6.07, 6.45) is -9.97. The fraction of sp³-hybridized carbons (Fsp3) is 0.379. The van der Waals surface area contributed by atoms with Crippen molar-refractivity contribution in [1.82, 2.24) is 9.80 Å². The molecule has 5 rings (SSSR count). The van der Waals surface area contributed by atoms with Crippen LogP contribution in [0.15, 0.2) is 66.7 Å². The van der Waals surface area contributed by atoms with Gasteiger partial charge in [0.15, 0.2) is 11.5 Å². The Bertz CT molecular complexity index is 1280. The van der Waals surface area contributed by atoms with Crippen molar-refractivity contribution in [3.63, 3.8) is 0 Å². The van der Waals surface area contributed by atoms with Crippen molar-refractivity contribution in [2.24, 2.45) is 5.73 Å². The lowest BCUT2D eigenvalue weighted by atomic mass is 9.91. The summed E-state index contributed by atoms with van der Waals surface area (Å²) in [5, 5.41) is 0. The third-order valence-electron chi connectivity index (χ3n) is 7.31. The molecular formula is C29H29F6N3O2. The SMILES string of the molecule is NC(Cc1cc(C(F)(F)F)cc(C(F)(F)F)c1)C(c1ccccc1)N1CCN(Cc2ccc3c(c2)OCO3)CC1. The molecule has 0 aliphatic carbocycles. The molecule has 0 amide bonds. The molecule has 2 heterocycles. The van der Waals surface area contributed by atoms with Gasteiger partial charge in [-0.25, -0.2) is 0 Å². The third kappa shape index (κ3) is 6.54. The van der Waals surface area contributed by atoms with Crippen LogP contribution in [0.25, 0.3) is 0 Å². The van der Waals surface area contributed by atoms with E-state index in [1.54, 1.807) is 0 Å². The maximum Gasteiger partial charge on any atom is 0.416 e. The monoisotopic (exact) mass is 565 g/mol. The van der Waals surface area contributed by atoms with Gasteiger partial charge in [0.05, 0.1) is 17.2 Å². The lowest BCUT2D eigenvalue weighted by Gasteiger charge is -2.42. The fourth-order valence-corrected chi connectivity index (χ4v) is 5.40. The maximum atomic E-state index is 13.4. The van der Waals surface area contributed by atoms with Gasteiger partial charge >= 0.3 is 12.4 Å². The van der Waals surface area contributed by atoms with E-state index in [0.717, 1.165) is 34.8 Å². The molecule has 2 unspecified atom stereocenters. The van der Waals surface area contributed by atoms with E-state index in [1.807, 2.05) is 48.5 Å². The molecule has 214 valence electrons. The van der Waals surface area contributed by atoms with Gasteiger partial charge in [-0.15, -0.1) is 0 Å². The molecule has 0 spiro atoms. The van der Waals surface area contributed by atoms with E-state index in [0.29, 0.717) is 32.7 Å². The minimum absolute atomic E-state index is 0.1000. The minimum atomic E-state index is -4.91. The zero-order valence-electron chi connectivity index (χ0n) is 21.5. The molecule has 11 heteroatoms. The van der Waals surface area contributed by atoms with E-state index in [-0.39, 0.29) is 24.8 Å². The van der Waals surface area contributed by atoms with Crippen LogP contribution in [-0.2, 0) is 25.3 Å². The average Bonchev–Trinajstić information content (AvgIpc) is 3.37. The van der Waals surface area contributed by atoms with Crippen LogP contribution in [-0.4, -0.2) is 48.8 Å². The number of nitrogens with zero attached hydrogens (tertiary/aromatic N) is 2. The summed E-state index contributed by atoms with van der Waals surface area (Å²) in [5.41, 5.74) is 5.77. The zero-order chi connectivity index (χ0) is 28.5. The first-order valence-corrected chi connectivity index (χ1v) is 12.9. The van der Waals surface area contributed by atoms with E-state index >= 15 is 0 Å². The Morgan fingerprint density at radius 3 is 1.98 bits per heavy atom. The van der Waals surface area contributed by atoms with Crippen LogP contribution in [0.5, 0.6) is 11.5 Å². The van der Waals surface area contributed by atoms with Gasteiger partial charge in [-0.2, -0.15) is 26.3 Å². The predicted octanol–water partition coefficient (Wildman–Crippen LogP) is 5.88. The van der Waals surface area contributed by atoms with E-state index < -0.39 is 35.6 Å². The Balaban J connectivity index is 1.32. The van der Waals surface area contributed by atoms with Crippen LogP contribution in [0.4, 0.5) is 26.3 Å². The van der Waals surface area contributed by atoms with Crippen LogP contribution < -0.4 is 15.2 Å². The number of hydrogen-bond acceptors (Lipinski definition) is 5. The van der Waals surface area contributed by atoms with Gasteiger partial charge in [-0.05, 0) is 53.4 Å². The van der Waals surface area contributed by atoms with Crippen molar-refractivity contribution in [1.29, 1.82) is 0 Å². The molecule has 2 N–H and O–H groups in total. The van der Waals surface area contributed by atoms with E-state index in [9.17, 15) is 26.3 Å². The van der Waals surface area contributed by atoms with Crippen LogP contribution in [0.2, 0.25) is 0 Å². The highest BCUT2D eigenvalue weighted by Gasteiger charge is 2.37. The Morgan fingerprint density at radius 1 is 0.725 bits per heavy atom. The van der Waals surface area contributed by atoms with Crippen LogP contribution in [0.3, 0.4) is 0 Å². The average molecular weight is 566 g/mol. The molecule has 3 aromatic rings. The lowest BCUT2D eigenvalue weighted by Crippen LogP contribution is -2.51. The van der Waals surface area contributed by atoms with Gasteiger partial charge in [-0.1, -0.05) is 36.4 Å². The molecule has 0 bridgehead atoms. The second-order valence-electron chi connectivity index (χ2n) is 10.1. The molecular weight excluding hydrogens is 536 g/mol. The molecule has 0 saturated carbocycles. The van der Waals surface area contributed by atoms with Gasteiger partial charge in [0.1, 0.15) is 0 Å². The number of benzene rings is 3. The summed E-state index contributed by atoms with van der Waals surface area (Å²) in [6.45, 7) is 3.61. The second kappa shape index (κ2) is 11.3. The molecule has 2 aliphatic heterocycles. The topological polar surface area (TPSA) is 51.0 Å². The summed E-state index contributed by atoms with van der Waals surface area (Å²) in [4.78, 5) is 4.44. The number of hydrogen-bond donors (Lipinski definition) is 1. The van der Waals surface area contributed by atoms with E-state index in [1.165, 1.54) is 0 Å². The number of piperazine rings is 1. The highest BCUT2D eigenvalue weighted by atomic mass is 19.4. The number of nitrogens with two attached hydrogens (primary N) is 1. The van der Waals surface area contributed by atoms with E-state index in [2.05, 4.69) is 9.80 Å². The largest absolute Gasteiger partial charge is 0.454 e. The fourth-order valence-electron chi connectivity index (χ4n) is 5.40. The Labute approximate surface area is 228 Å². The third-order valence-corrected chi connectivity index (χ3v) is 7.31. The van der Waals surface area contributed by atoms with Gasteiger partial charge in [0.25, 0.3) is 0 Å². The number of alkyl halides is 6. The molecule has 5 nitrogen and oxygen atoms in total. The van der Waals surface area contributed by atoms with Gasteiger partial charge in [-0.3, -0.25) is 9.80 Å². The molecule has 40 heavy (non-hydrogen) atoms. The molecule has 3 aromatic carbocycles. The van der Waals surface area contributed by atoms with Crippen molar-refractivity contribution in [2.45, 2.75) is 37.4 Å². The van der Waals surface area contributed by atoms with Crippen molar-refractivity contribution in [3.05, 3.63) is 94.5 Å². The summed E-state index contributed by atoms with van der Waals surface area (Å²) >= 11 is 0. The molecule has 1 fully saturated rings.